The third-order valence-electron chi connectivity index (χ3n) is 3.82. The van der Waals surface area contributed by atoms with Gasteiger partial charge in [-0.25, -0.2) is 0 Å². The predicted molar refractivity (Wildman–Crippen MR) is 120 cm³/mol. The fourth-order valence-electron chi connectivity index (χ4n) is 2.52. The van der Waals surface area contributed by atoms with Crippen molar-refractivity contribution in [1.82, 2.24) is 5.43 Å². The van der Waals surface area contributed by atoms with Crippen molar-refractivity contribution in [1.29, 1.82) is 0 Å². The molecule has 0 saturated carbocycles. The monoisotopic (exact) mass is 498 g/mol. The average molecular weight is 498 g/mol. The Morgan fingerprint density at radius 1 is 1.00 bits per heavy atom. The summed E-state index contributed by atoms with van der Waals surface area (Å²) in [4.78, 5) is 0. The Labute approximate surface area is 180 Å². The Morgan fingerprint density at radius 2 is 1.79 bits per heavy atom. The van der Waals surface area contributed by atoms with Gasteiger partial charge in [0.1, 0.15) is 0 Å². The van der Waals surface area contributed by atoms with Crippen LogP contribution in [-0.4, -0.2) is 33.6 Å². The van der Waals surface area contributed by atoms with Crippen molar-refractivity contribution in [2.75, 3.05) is 27.4 Å². The quantitative estimate of drug-likeness (QED) is 0.279. The maximum Gasteiger partial charge on any atom is 0.174 e. The van der Waals surface area contributed by atoms with Gasteiger partial charge in [-0.1, -0.05) is 13.0 Å². The first-order valence-electron chi connectivity index (χ1n) is 9.18. The van der Waals surface area contributed by atoms with Crippen LogP contribution in [0.1, 0.15) is 31.4 Å². The normalized spacial score (nSPS) is 10.8. The van der Waals surface area contributed by atoms with E-state index < -0.39 is 0 Å². The summed E-state index contributed by atoms with van der Waals surface area (Å²) in [5.41, 5.74) is 5.04. The number of rotatable bonds is 11. The molecule has 152 valence electrons. The number of hydrazone groups is 1. The molecule has 0 aliphatic heterocycles. The molecule has 0 aliphatic rings. The first kappa shape index (κ1) is 22.1. The van der Waals surface area contributed by atoms with Crippen LogP contribution in [0.25, 0.3) is 0 Å². The second-order valence-corrected chi connectivity index (χ2v) is 7.06. The summed E-state index contributed by atoms with van der Waals surface area (Å²) in [6.45, 7) is 5.86. The molecule has 0 unspecified atom stereocenters. The summed E-state index contributed by atoms with van der Waals surface area (Å²) in [7, 11) is 3.25. The molecular weight excluding hydrogens is 471 g/mol. The van der Waals surface area contributed by atoms with Gasteiger partial charge in [0.15, 0.2) is 23.0 Å². The molecule has 0 atom stereocenters. The van der Waals surface area contributed by atoms with Gasteiger partial charge in [-0.3, -0.25) is 0 Å². The van der Waals surface area contributed by atoms with Gasteiger partial charge in [0.2, 0.25) is 0 Å². The van der Waals surface area contributed by atoms with Crippen LogP contribution in [0.2, 0.25) is 0 Å². The predicted octanol–water partition coefficient (Wildman–Crippen LogP) is 4.62. The number of nitrogens with zero attached hydrogens (tertiary/aromatic N) is 1. The van der Waals surface area contributed by atoms with Gasteiger partial charge in [0.05, 0.1) is 43.8 Å². The minimum absolute atomic E-state index is 0.573. The molecule has 0 bridgehead atoms. The first-order valence-corrected chi connectivity index (χ1v) is 10.3. The van der Waals surface area contributed by atoms with Crippen molar-refractivity contribution in [3.05, 3.63) is 45.0 Å². The highest BCUT2D eigenvalue weighted by molar-refractivity contribution is 14.1. The molecule has 7 heteroatoms. The Bertz CT molecular complexity index is 796. The molecule has 0 radical (unpaired) electrons. The molecule has 0 saturated heterocycles. The van der Waals surface area contributed by atoms with Gasteiger partial charge in [0.25, 0.3) is 0 Å². The summed E-state index contributed by atoms with van der Waals surface area (Å²) in [6, 6.07) is 9.75. The van der Waals surface area contributed by atoms with Crippen LogP contribution < -0.4 is 24.4 Å². The number of halogens is 1. The Hall–Kier alpha value is -2.16. The maximum atomic E-state index is 5.83. The molecule has 2 aromatic rings. The largest absolute Gasteiger partial charge is 0.493 e. The van der Waals surface area contributed by atoms with Crippen LogP contribution in [-0.2, 0) is 6.54 Å². The molecule has 0 heterocycles. The number of ether oxygens (including phenoxy) is 4. The molecular formula is C21H27IN2O4. The van der Waals surface area contributed by atoms with Crippen LogP contribution in [0.15, 0.2) is 35.4 Å². The first-order chi connectivity index (χ1) is 13.6. The van der Waals surface area contributed by atoms with E-state index >= 15 is 0 Å². The second kappa shape index (κ2) is 11.6. The van der Waals surface area contributed by atoms with Crippen LogP contribution >= 0.6 is 22.6 Å². The van der Waals surface area contributed by atoms with E-state index in [1.165, 1.54) is 0 Å². The van der Waals surface area contributed by atoms with E-state index in [4.69, 9.17) is 18.9 Å². The molecule has 1 N–H and O–H groups in total. The molecule has 0 spiro atoms. The topological polar surface area (TPSA) is 61.3 Å². The zero-order valence-corrected chi connectivity index (χ0v) is 18.9. The van der Waals surface area contributed by atoms with Gasteiger partial charge in [0, 0.05) is 0 Å². The summed E-state index contributed by atoms with van der Waals surface area (Å²) >= 11 is 2.26. The van der Waals surface area contributed by atoms with E-state index in [1.54, 1.807) is 20.4 Å². The summed E-state index contributed by atoms with van der Waals surface area (Å²) in [5.74, 6) is 2.94. The zero-order valence-electron chi connectivity index (χ0n) is 16.8. The molecule has 2 rings (SSSR count). The minimum Gasteiger partial charge on any atom is -0.493 e. The van der Waals surface area contributed by atoms with Crippen LogP contribution in [0.4, 0.5) is 0 Å². The van der Waals surface area contributed by atoms with E-state index in [-0.39, 0.29) is 0 Å². The van der Waals surface area contributed by atoms with E-state index in [0.29, 0.717) is 31.3 Å². The van der Waals surface area contributed by atoms with Crippen molar-refractivity contribution < 1.29 is 18.9 Å². The van der Waals surface area contributed by atoms with Crippen LogP contribution in [0.3, 0.4) is 0 Å². The Kier molecular flexibility index (Phi) is 9.19. The lowest BCUT2D eigenvalue weighted by molar-refractivity contribution is 0.275. The highest BCUT2D eigenvalue weighted by atomic mass is 127. The van der Waals surface area contributed by atoms with Crippen molar-refractivity contribution in [2.45, 2.75) is 26.8 Å². The van der Waals surface area contributed by atoms with E-state index in [0.717, 1.165) is 32.6 Å². The van der Waals surface area contributed by atoms with Gasteiger partial charge < -0.3 is 24.4 Å². The molecule has 6 nitrogen and oxygen atoms in total. The SMILES string of the molecule is CCCOc1c(I)cc(/C=N\NCc2ccc(OC)c(OC)c2)cc1OCC. The summed E-state index contributed by atoms with van der Waals surface area (Å²) < 4.78 is 23.1. The van der Waals surface area contributed by atoms with Gasteiger partial charge in [-0.15, -0.1) is 0 Å². The number of nitrogens with one attached hydrogen (secondary N) is 1. The Morgan fingerprint density at radius 3 is 2.46 bits per heavy atom. The number of hydrogen-bond donors (Lipinski definition) is 1. The lowest BCUT2D eigenvalue weighted by atomic mass is 10.2. The molecule has 0 amide bonds. The van der Waals surface area contributed by atoms with Crippen molar-refractivity contribution in [3.63, 3.8) is 0 Å². The van der Waals surface area contributed by atoms with Crippen molar-refractivity contribution >= 4 is 28.8 Å². The zero-order chi connectivity index (χ0) is 20.4. The van der Waals surface area contributed by atoms with Crippen LogP contribution in [0.5, 0.6) is 23.0 Å². The fourth-order valence-corrected chi connectivity index (χ4v) is 3.30. The second-order valence-electron chi connectivity index (χ2n) is 5.89. The molecule has 0 aliphatic carbocycles. The van der Waals surface area contributed by atoms with Gasteiger partial charge in [-0.2, -0.15) is 5.10 Å². The van der Waals surface area contributed by atoms with Gasteiger partial charge in [-0.05, 0) is 71.3 Å². The third kappa shape index (κ3) is 6.19. The van der Waals surface area contributed by atoms with Crippen molar-refractivity contribution in [3.8, 4) is 23.0 Å². The smallest absolute Gasteiger partial charge is 0.174 e. The van der Waals surface area contributed by atoms with Crippen molar-refractivity contribution in [2.24, 2.45) is 5.10 Å². The summed E-state index contributed by atoms with van der Waals surface area (Å²) in [5, 5.41) is 4.32. The highest BCUT2D eigenvalue weighted by Gasteiger charge is 2.11. The van der Waals surface area contributed by atoms with E-state index in [2.05, 4.69) is 40.0 Å². The average Bonchev–Trinajstić information content (AvgIpc) is 2.70. The van der Waals surface area contributed by atoms with Crippen LogP contribution in [0, 0.1) is 3.57 Å². The number of hydrogen-bond acceptors (Lipinski definition) is 6. The van der Waals surface area contributed by atoms with Gasteiger partial charge >= 0.3 is 0 Å². The maximum absolute atomic E-state index is 5.83. The lowest BCUT2D eigenvalue weighted by Crippen LogP contribution is -2.06. The minimum atomic E-state index is 0.573. The standard InChI is InChI=1S/C21H27IN2O4/c1-5-9-28-21-17(22)10-16(12-20(21)27-6-2)14-24-23-13-15-7-8-18(25-3)19(11-15)26-4/h7-8,10-12,14,23H,5-6,9,13H2,1-4H3/b24-14-. The van der Waals surface area contributed by atoms with E-state index in [9.17, 15) is 0 Å². The molecule has 2 aromatic carbocycles. The molecule has 28 heavy (non-hydrogen) atoms. The fraction of sp³-hybridized carbons (Fsp3) is 0.381. The highest BCUT2D eigenvalue weighted by Crippen LogP contribution is 2.34. The summed E-state index contributed by atoms with van der Waals surface area (Å²) in [6.07, 6.45) is 2.72. The molecule has 0 aromatic heterocycles. The third-order valence-corrected chi connectivity index (χ3v) is 4.62. The molecule has 0 fully saturated rings. The van der Waals surface area contributed by atoms with E-state index in [1.807, 2.05) is 37.3 Å². The Balaban J connectivity index is 2.05. The number of benzene rings is 2. The number of methoxy groups -OCH3 is 2. The lowest BCUT2D eigenvalue weighted by Gasteiger charge is -2.14.